The maximum atomic E-state index is 13.0. The minimum absolute atomic E-state index is 0.197. The number of rotatable bonds is 5. The molecule has 0 spiro atoms. The molecule has 112 valence electrons. The second-order valence-electron chi connectivity index (χ2n) is 6.06. The van der Waals surface area contributed by atoms with Crippen LogP contribution >= 0.6 is 11.8 Å². The Balaban J connectivity index is 1.79. The fourth-order valence-corrected chi connectivity index (χ4v) is 2.78. The lowest BCUT2D eigenvalue weighted by Crippen LogP contribution is -2.10. The molecular formula is C18H22FNS. The Morgan fingerprint density at radius 3 is 2.38 bits per heavy atom. The molecule has 2 aromatic rings. The normalized spacial score (nSPS) is 11.4. The molecule has 1 N–H and O–H groups in total. The van der Waals surface area contributed by atoms with Gasteiger partial charge in [0.15, 0.2) is 0 Å². The topological polar surface area (TPSA) is 12.0 Å². The van der Waals surface area contributed by atoms with Crippen LogP contribution in [-0.2, 0) is 5.41 Å². The zero-order chi connectivity index (χ0) is 15.3. The van der Waals surface area contributed by atoms with Crippen molar-refractivity contribution < 1.29 is 4.39 Å². The van der Waals surface area contributed by atoms with E-state index in [0.29, 0.717) is 0 Å². The number of hydrogen-bond donors (Lipinski definition) is 1. The lowest BCUT2D eigenvalue weighted by atomic mass is 9.87. The largest absolute Gasteiger partial charge is 0.384 e. The highest BCUT2D eigenvalue weighted by molar-refractivity contribution is 7.99. The summed E-state index contributed by atoms with van der Waals surface area (Å²) in [4.78, 5) is 1.27. The van der Waals surface area contributed by atoms with Crippen LogP contribution < -0.4 is 5.32 Å². The first-order valence-electron chi connectivity index (χ1n) is 7.18. The third-order valence-electron chi connectivity index (χ3n) is 3.24. The van der Waals surface area contributed by atoms with Gasteiger partial charge in [-0.2, -0.15) is 0 Å². The molecule has 0 fully saturated rings. The molecule has 0 aliphatic rings. The van der Waals surface area contributed by atoms with Crippen molar-refractivity contribution in [2.75, 3.05) is 17.6 Å². The van der Waals surface area contributed by atoms with Gasteiger partial charge in [-0.3, -0.25) is 0 Å². The number of anilines is 1. The zero-order valence-electron chi connectivity index (χ0n) is 12.8. The average Bonchev–Trinajstić information content (AvgIpc) is 2.43. The molecule has 0 saturated carbocycles. The molecule has 0 aliphatic carbocycles. The van der Waals surface area contributed by atoms with Gasteiger partial charge in [-0.25, -0.2) is 4.39 Å². The fraction of sp³-hybridized carbons (Fsp3) is 0.333. The van der Waals surface area contributed by atoms with E-state index in [-0.39, 0.29) is 11.2 Å². The van der Waals surface area contributed by atoms with Gasteiger partial charge in [0, 0.05) is 22.9 Å². The lowest BCUT2D eigenvalue weighted by Gasteiger charge is -2.19. The summed E-state index contributed by atoms with van der Waals surface area (Å²) in [6, 6.07) is 15.3. The number of hydrogen-bond acceptors (Lipinski definition) is 2. The maximum Gasteiger partial charge on any atom is 0.125 e. The van der Waals surface area contributed by atoms with E-state index in [2.05, 4.69) is 50.4 Å². The Hall–Kier alpha value is -1.48. The van der Waals surface area contributed by atoms with E-state index in [0.717, 1.165) is 18.0 Å². The monoisotopic (exact) mass is 303 g/mol. The predicted octanol–water partition coefficient (Wildman–Crippen LogP) is 5.33. The van der Waals surface area contributed by atoms with Gasteiger partial charge >= 0.3 is 0 Å². The van der Waals surface area contributed by atoms with Crippen molar-refractivity contribution in [1.82, 2.24) is 0 Å². The molecule has 0 bridgehead atoms. The summed E-state index contributed by atoms with van der Waals surface area (Å²) in [5.41, 5.74) is 2.38. The summed E-state index contributed by atoms with van der Waals surface area (Å²) >= 11 is 1.81. The van der Waals surface area contributed by atoms with E-state index in [1.54, 1.807) is 17.8 Å². The van der Waals surface area contributed by atoms with Crippen LogP contribution in [0.1, 0.15) is 26.3 Å². The summed E-state index contributed by atoms with van der Waals surface area (Å²) in [5.74, 6) is 0.746. The molecule has 0 saturated heterocycles. The minimum atomic E-state index is -0.203. The molecule has 2 aromatic carbocycles. The van der Waals surface area contributed by atoms with Gasteiger partial charge in [0.1, 0.15) is 5.82 Å². The van der Waals surface area contributed by atoms with Gasteiger partial charge in [-0.15, -0.1) is 11.8 Å². The zero-order valence-corrected chi connectivity index (χ0v) is 13.6. The van der Waals surface area contributed by atoms with Crippen LogP contribution in [0.3, 0.4) is 0 Å². The second-order valence-corrected chi connectivity index (χ2v) is 7.23. The van der Waals surface area contributed by atoms with E-state index in [4.69, 9.17) is 0 Å². The van der Waals surface area contributed by atoms with E-state index in [1.807, 2.05) is 6.07 Å². The van der Waals surface area contributed by atoms with Gasteiger partial charge in [0.05, 0.1) is 0 Å². The summed E-state index contributed by atoms with van der Waals surface area (Å²) in [6.07, 6.45) is 0. The van der Waals surface area contributed by atoms with Gasteiger partial charge in [0.25, 0.3) is 0 Å². The van der Waals surface area contributed by atoms with Crippen LogP contribution in [0.15, 0.2) is 53.4 Å². The summed E-state index contributed by atoms with van der Waals surface area (Å²) in [7, 11) is 0. The molecular weight excluding hydrogens is 281 g/mol. The molecule has 0 unspecified atom stereocenters. The highest BCUT2D eigenvalue weighted by Gasteiger charge is 2.12. The quantitative estimate of drug-likeness (QED) is 0.592. The Morgan fingerprint density at radius 1 is 1.05 bits per heavy atom. The van der Waals surface area contributed by atoms with Crippen molar-refractivity contribution in [3.63, 3.8) is 0 Å². The van der Waals surface area contributed by atoms with Gasteiger partial charge in [-0.05, 0) is 41.3 Å². The van der Waals surface area contributed by atoms with E-state index < -0.39 is 0 Å². The molecule has 0 aliphatic heterocycles. The highest BCUT2D eigenvalue weighted by atomic mass is 32.2. The molecule has 2 rings (SSSR count). The third kappa shape index (κ3) is 5.09. The number of nitrogens with one attached hydrogen (secondary N) is 1. The van der Waals surface area contributed by atoms with Crippen molar-refractivity contribution >= 4 is 17.4 Å². The molecule has 1 nitrogen and oxygen atoms in total. The van der Waals surface area contributed by atoms with Crippen LogP contribution in [0.25, 0.3) is 0 Å². The van der Waals surface area contributed by atoms with E-state index in [1.165, 1.54) is 22.6 Å². The van der Waals surface area contributed by atoms with Gasteiger partial charge in [0.2, 0.25) is 0 Å². The van der Waals surface area contributed by atoms with E-state index in [9.17, 15) is 4.39 Å². The van der Waals surface area contributed by atoms with Gasteiger partial charge in [-0.1, -0.05) is 39.0 Å². The van der Waals surface area contributed by atoms with Crippen LogP contribution in [-0.4, -0.2) is 12.3 Å². The van der Waals surface area contributed by atoms with Crippen molar-refractivity contribution in [2.24, 2.45) is 0 Å². The minimum Gasteiger partial charge on any atom is -0.384 e. The number of halogens is 1. The number of thioether (sulfide) groups is 1. The average molecular weight is 303 g/mol. The first-order chi connectivity index (χ1) is 9.95. The van der Waals surface area contributed by atoms with Gasteiger partial charge < -0.3 is 5.32 Å². The predicted molar refractivity (Wildman–Crippen MR) is 90.8 cm³/mol. The highest BCUT2D eigenvalue weighted by Crippen LogP contribution is 2.25. The van der Waals surface area contributed by atoms with Crippen LogP contribution in [0.2, 0.25) is 0 Å². The van der Waals surface area contributed by atoms with Crippen molar-refractivity contribution in [1.29, 1.82) is 0 Å². The molecule has 0 amide bonds. The van der Waals surface area contributed by atoms with Crippen LogP contribution in [0.5, 0.6) is 0 Å². The fourth-order valence-electron chi connectivity index (χ4n) is 2.01. The van der Waals surface area contributed by atoms with Crippen LogP contribution in [0.4, 0.5) is 10.1 Å². The molecule has 0 aromatic heterocycles. The molecule has 0 heterocycles. The first-order valence-corrected chi connectivity index (χ1v) is 8.16. The first kappa shape index (κ1) is 15.9. The standard InChI is InChI=1S/C18H22FNS/c1-18(2,3)14-7-9-17(10-8-14)21-12-11-20-16-6-4-5-15(19)13-16/h4-10,13,20H,11-12H2,1-3H3. The maximum absolute atomic E-state index is 13.0. The molecule has 0 atom stereocenters. The molecule has 0 radical (unpaired) electrons. The smallest absolute Gasteiger partial charge is 0.125 e. The Kier molecular flexibility index (Phi) is 5.29. The van der Waals surface area contributed by atoms with Crippen LogP contribution in [0, 0.1) is 5.82 Å². The molecule has 21 heavy (non-hydrogen) atoms. The lowest BCUT2D eigenvalue weighted by molar-refractivity contribution is 0.590. The number of benzene rings is 2. The molecule has 3 heteroatoms. The summed E-state index contributed by atoms with van der Waals surface area (Å²) in [5, 5.41) is 3.23. The second kappa shape index (κ2) is 6.99. The Labute approximate surface area is 131 Å². The summed E-state index contributed by atoms with van der Waals surface area (Å²) < 4.78 is 13.0. The summed E-state index contributed by atoms with van der Waals surface area (Å²) in [6.45, 7) is 7.48. The Morgan fingerprint density at radius 2 is 1.76 bits per heavy atom. The Bertz CT molecular complexity index is 573. The van der Waals surface area contributed by atoms with Crippen molar-refractivity contribution in [2.45, 2.75) is 31.1 Å². The van der Waals surface area contributed by atoms with E-state index >= 15 is 0 Å². The third-order valence-corrected chi connectivity index (χ3v) is 4.26. The SMILES string of the molecule is CC(C)(C)c1ccc(SCCNc2cccc(F)c2)cc1. The van der Waals surface area contributed by atoms with Crippen molar-refractivity contribution in [3.8, 4) is 0 Å². The van der Waals surface area contributed by atoms with Crippen molar-refractivity contribution in [3.05, 3.63) is 59.9 Å².